The van der Waals surface area contributed by atoms with Gasteiger partial charge in [0.25, 0.3) is 0 Å². The zero-order chi connectivity index (χ0) is 10.6. The van der Waals surface area contributed by atoms with Gasteiger partial charge >= 0.3 is 0 Å². The van der Waals surface area contributed by atoms with Gasteiger partial charge < -0.3 is 5.73 Å². The third kappa shape index (κ3) is 2.84. The molecule has 0 bridgehead atoms. The van der Waals surface area contributed by atoms with E-state index >= 15 is 0 Å². The summed E-state index contributed by atoms with van der Waals surface area (Å²) in [6.07, 6.45) is 7.38. The lowest BCUT2D eigenvalue weighted by molar-refractivity contribution is 0.296. The van der Waals surface area contributed by atoms with Gasteiger partial charge in [-0.3, -0.25) is 4.68 Å². The molecule has 0 spiro atoms. The topological polar surface area (TPSA) is 43.8 Å². The number of aromatic nitrogens is 2. The van der Waals surface area contributed by atoms with Crippen molar-refractivity contribution in [2.24, 2.45) is 18.2 Å². The summed E-state index contributed by atoms with van der Waals surface area (Å²) in [4.78, 5) is 0. The molecule has 3 nitrogen and oxygen atoms in total. The predicted molar refractivity (Wildman–Crippen MR) is 59.0 cm³/mol. The molecule has 14 heavy (non-hydrogen) atoms. The number of aryl methyl sites for hydroxylation is 2. The Hall–Kier alpha value is -0.830. The summed E-state index contributed by atoms with van der Waals surface area (Å²) >= 11 is 0. The molecule has 1 atom stereocenters. The second-order valence-electron chi connectivity index (χ2n) is 4.39. The molecular weight excluding hydrogens is 174 g/mol. The Balaban J connectivity index is 2.47. The van der Waals surface area contributed by atoms with Crippen molar-refractivity contribution in [1.29, 1.82) is 0 Å². The lowest BCUT2D eigenvalue weighted by Crippen LogP contribution is -2.26. The third-order valence-electron chi connectivity index (χ3n) is 3.12. The van der Waals surface area contributed by atoms with Crippen molar-refractivity contribution >= 4 is 0 Å². The van der Waals surface area contributed by atoms with Crippen molar-refractivity contribution < 1.29 is 0 Å². The molecule has 0 aliphatic carbocycles. The van der Waals surface area contributed by atoms with Crippen LogP contribution in [0.1, 0.15) is 32.3 Å². The Morgan fingerprint density at radius 3 is 2.71 bits per heavy atom. The molecule has 0 saturated carbocycles. The highest BCUT2D eigenvalue weighted by molar-refractivity contribution is 5.04. The van der Waals surface area contributed by atoms with E-state index in [0.717, 1.165) is 25.8 Å². The maximum absolute atomic E-state index is 5.77. The van der Waals surface area contributed by atoms with Crippen molar-refractivity contribution in [3.05, 3.63) is 18.0 Å². The summed E-state index contributed by atoms with van der Waals surface area (Å²) in [5.74, 6) is 0. The van der Waals surface area contributed by atoms with Crippen LogP contribution in [0.5, 0.6) is 0 Å². The van der Waals surface area contributed by atoms with Crippen LogP contribution in [0.4, 0.5) is 0 Å². The second-order valence-corrected chi connectivity index (χ2v) is 4.39. The monoisotopic (exact) mass is 195 g/mol. The maximum atomic E-state index is 5.77. The first-order valence-corrected chi connectivity index (χ1v) is 5.27. The van der Waals surface area contributed by atoms with Gasteiger partial charge in [-0.25, -0.2) is 0 Å². The van der Waals surface area contributed by atoms with Crippen LogP contribution in [0.15, 0.2) is 12.4 Å². The van der Waals surface area contributed by atoms with Gasteiger partial charge in [-0.2, -0.15) is 5.10 Å². The van der Waals surface area contributed by atoms with E-state index in [9.17, 15) is 0 Å². The quantitative estimate of drug-likeness (QED) is 0.777. The Labute approximate surface area is 86.3 Å². The number of nitrogens with two attached hydrogens (primary N) is 1. The molecule has 1 unspecified atom stereocenters. The molecule has 1 aromatic heterocycles. The summed E-state index contributed by atoms with van der Waals surface area (Å²) in [6.45, 7) is 5.23. The van der Waals surface area contributed by atoms with Gasteiger partial charge in [0.1, 0.15) is 0 Å². The van der Waals surface area contributed by atoms with Gasteiger partial charge in [0.15, 0.2) is 0 Å². The van der Waals surface area contributed by atoms with Crippen LogP contribution < -0.4 is 5.73 Å². The van der Waals surface area contributed by atoms with Crippen LogP contribution >= 0.6 is 0 Å². The van der Waals surface area contributed by atoms with Crippen LogP contribution in [0.3, 0.4) is 0 Å². The van der Waals surface area contributed by atoms with Crippen LogP contribution in [-0.2, 0) is 13.5 Å². The van der Waals surface area contributed by atoms with Gasteiger partial charge in [-0.15, -0.1) is 0 Å². The SMILES string of the molecule is CCC(C)(CN)CCc1cnn(C)c1. The van der Waals surface area contributed by atoms with Crippen LogP contribution in [0, 0.1) is 5.41 Å². The molecule has 0 amide bonds. The van der Waals surface area contributed by atoms with Crippen LogP contribution in [-0.4, -0.2) is 16.3 Å². The highest BCUT2D eigenvalue weighted by Gasteiger charge is 2.19. The standard InChI is InChI=1S/C11H21N3/c1-4-11(2,9-12)6-5-10-7-13-14(3)8-10/h7-8H,4-6,9,12H2,1-3H3. The molecule has 2 N–H and O–H groups in total. The van der Waals surface area contributed by atoms with E-state index in [1.807, 2.05) is 17.9 Å². The van der Waals surface area contributed by atoms with Crippen LogP contribution in [0.25, 0.3) is 0 Å². The Morgan fingerprint density at radius 1 is 1.57 bits per heavy atom. The molecule has 1 rings (SSSR count). The molecule has 3 heteroatoms. The lowest BCUT2D eigenvalue weighted by atomic mass is 9.82. The molecule has 1 aromatic rings. The molecular formula is C11H21N3. The summed E-state index contributed by atoms with van der Waals surface area (Å²) in [7, 11) is 1.95. The highest BCUT2D eigenvalue weighted by atomic mass is 15.2. The summed E-state index contributed by atoms with van der Waals surface area (Å²) in [6, 6.07) is 0. The fourth-order valence-electron chi connectivity index (χ4n) is 1.47. The van der Waals surface area contributed by atoms with Gasteiger partial charge in [0, 0.05) is 13.2 Å². The first-order chi connectivity index (χ1) is 6.59. The van der Waals surface area contributed by atoms with E-state index in [4.69, 9.17) is 5.73 Å². The minimum absolute atomic E-state index is 0.288. The summed E-state index contributed by atoms with van der Waals surface area (Å²) in [5.41, 5.74) is 7.36. The van der Waals surface area contributed by atoms with Crippen molar-refractivity contribution in [2.75, 3.05) is 6.54 Å². The fraction of sp³-hybridized carbons (Fsp3) is 0.727. The number of nitrogens with zero attached hydrogens (tertiary/aromatic N) is 2. The first kappa shape index (κ1) is 11.2. The number of rotatable bonds is 5. The van der Waals surface area contributed by atoms with E-state index in [0.29, 0.717) is 0 Å². The van der Waals surface area contributed by atoms with Gasteiger partial charge in [0.05, 0.1) is 6.20 Å². The molecule has 1 heterocycles. The molecule has 0 aromatic carbocycles. The smallest absolute Gasteiger partial charge is 0.0521 e. The molecule has 0 aliphatic rings. The average Bonchev–Trinajstić information content (AvgIpc) is 2.61. The predicted octanol–water partition coefficient (Wildman–Crippen LogP) is 1.73. The van der Waals surface area contributed by atoms with Gasteiger partial charge in [0.2, 0.25) is 0 Å². The fourth-order valence-corrected chi connectivity index (χ4v) is 1.47. The third-order valence-corrected chi connectivity index (χ3v) is 3.12. The minimum Gasteiger partial charge on any atom is -0.330 e. The summed E-state index contributed by atoms with van der Waals surface area (Å²) in [5, 5.41) is 4.15. The van der Waals surface area contributed by atoms with E-state index in [1.54, 1.807) is 0 Å². The molecule has 0 aliphatic heterocycles. The molecule has 0 fully saturated rings. The molecule has 0 saturated heterocycles. The van der Waals surface area contributed by atoms with Crippen molar-refractivity contribution in [3.63, 3.8) is 0 Å². The van der Waals surface area contributed by atoms with Crippen molar-refractivity contribution in [2.45, 2.75) is 33.1 Å². The number of hydrogen-bond acceptors (Lipinski definition) is 2. The zero-order valence-electron chi connectivity index (χ0n) is 9.45. The van der Waals surface area contributed by atoms with E-state index < -0.39 is 0 Å². The first-order valence-electron chi connectivity index (χ1n) is 5.27. The largest absolute Gasteiger partial charge is 0.330 e. The Morgan fingerprint density at radius 2 is 2.29 bits per heavy atom. The van der Waals surface area contributed by atoms with E-state index in [-0.39, 0.29) is 5.41 Å². The lowest BCUT2D eigenvalue weighted by Gasteiger charge is -2.25. The summed E-state index contributed by atoms with van der Waals surface area (Å²) < 4.78 is 1.85. The van der Waals surface area contributed by atoms with Gasteiger partial charge in [-0.05, 0) is 36.8 Å². The normalized spacial score (nSPS) is 15.4. The average molecular weight is 195 g/mol. The second kappa shape index (κ2) is 4.60. The Bertz CT molecular complexity index is 274. The van der Waals surface area contributed by atoms with Crippen molar-refractivity contribution in [3.8, 4) is 0 Å². The maximum Gasteiger partial charge on any atom is 0.0521 e. The number of hydrogen-bond donors (Lipinski definition) is 1. The Kier molecular flexibility index (Phi) is 3.69. The molecule has 80 valence electrons. The van der Waals surface area contributed by atoms with E-state index in [2.05, 4.69) is 25.1 Å². The zero-order valence-corrected chi connectivity index (χ0v) is 9.45. The van der Waals surface area contributed by atoms with Crippen LogP contribution in [0.2, 0.25) is 0 Å². The van der Waals surface area contributed by atoms with E-state index in [1.165, 1.54) is 5.56 Å². The molecule has 0 radical (unpaired) electrons. The minimum atomic E-state index is 0.288. The van der Waals surface area contributed by atoms with Crippen molar-refractivity contribution in [1.82, 2.24) is 9.78 Å². The highest BCUT2D eigenvalue weighted by Crippen LogP contribution is 2.25. The van der Waals surface area contributed by atoms with Gasteiger partial charge in [-0.1, -0.05) is 13.8 Å².